The fourth-order valence-electron chi connectivity index (χ4n) is 4.94. The third-order valence-electron chi connectivity index (χ3n) is 6.85. The van der Waals surface area contributed by atoms with Crippen molar-refractivity contribution in [3.63, 3.8) is 0 Å². The second-order valence-corrected chi connectivity index (χ2v) is 12.3. The maximum Gasteiger partial charge on any atom is 0.243 e. The van der Waals surface area contributed by atoms with Crippen LogP contribution in [0.15, 0.2) is 52.5 Å². The molecule has 5 rings (SSSR count). The summed E-state index contributed by atoms with van der Waals surface area (Å²) in [5, 5.41) is 10.3. The number of ether oxygens (including phenoxy) is 1. The second-order valence-electron chi connectivity index (χ2n) is 9.46. The van der Waals surface area contributed by atoms with E-state index in [1.807, 2.05) is 30.3 Å². The molecule has 2 atom stereocenters. The lowest BCUT2D eigenvalue weighted by Gasteiger charge is -2.30. The van der Waals surface area contributed by atoms with Gasteiger partial charge in [0.2, 0.25) is 10.0 Å². The number of aromatic nitrogens is 2. The second kappa shape index (κ2) is 10.3. The van der Waals surface area contributed by atoms with Gasteiger partial charge in [-0.15, -0.1) is 0 Å². The lowest BCUT2D eigenvalue weighted by Crippen LogP contribution is -2.39. The summed E-state index contributed by atoms with van der Waals surface area (Å²) < 4.78 is 36.4. The molecule has 1 aromatic heterocycles. The van der Waals surface area contributed by atoms with Gasteiger partial charge in [0.25, 0.3) is 0 Å². The smallest absolute Gasteiger partial charge is 0.243 e. The molecule has 184 valence electrons. The van der Waals surface area contributed by atoms with Gasteiger partial charge in [-0.1, -0.05) is 36.9 Å². The van der Waals surface area contributed by atoms with Crippen LogP contribution in [0, 0.1) is 17.2 Å². The Morgan fingerprint density at radius 3 is 2.83 bits per heavy atom. The van der Waals surface area contributed by atoms with E-state index in [9.17, 15) is 13.7 Å². The summed E-state index contributed by atoms with van der Waals surface area (Å²) in [4.78, 5) is 5.16. The highest BCUT2D eigenvalue weighted by Gasteiger charge is 2.29. The average Bonchev–Trinajstić information content (AvgIpc) is 3.51. The van der Waals surface area contributed by atoms with Crippen LogP contribution in [0.25, 0.3) is 11.0 Å². The topological polar surface area (TPSA) is 88.2 Å². The minimum Gasteiger partial charge on any atom is -0.376 e. The van der Waals surface area contributed by atoms with E-state index in [0.717, 1.165) is 48.5 Å². The molecule has 0 aliphatic carbocycles. The quantitative estimate of drug-likeness (QED) is 0.424. The number of fused-ring (bicyclic) bond motifs is 1. The van der Waals surface area contributed by atoms with E-state index < -0.39 is 10.0 Å². The summed E-state index contributed by atoms with van der Waals surface area (Å²) in [6.07, 6.45) is 4.13. The van der Waals surface area contributed by atoms with E-state index in [0.29, 0.717) is 47.3 Å². The minimum atomic E-state index is -3.56. The molecule has 2 aliphatic heterocycles. The Balaban J connectivity index is 1.48. The van der Waals surface area contributed by atoms with Gasteiger partial charge >= 0.3 is 0 Å². The Bertz CT molecular complexity index is 1360. The molecule has 2 aliphatic rings. The third-order valence-corrected chi connectivity index (χ3v) is 9.73. The molecule has 2 saturated heterocycles. The maximum absolute atomic E-state index is 13.4. The van der Waals surface area contributed by atoms with Gasteiger partial charge in [0.05, 0.1) is 40.2 Å². The average molecular weight is 511 g/mol. The number of hydrogen-bond donors (Lipinski definition) is 0. The van der Waals surface area contributed by atoms with Gasteiger partial charge in [-0.05, 0) is 61.4 Å². The van der Waals surface area contributed by atoms with Crippen molar-refractivity contribution in [1.29, 1.82) is 5.26 Å². The minimum absolute atomic E-state index is 0.122. The number of imidazole rings is 1. The van der Waals surface area contributed by atoms with E-state index in [-0.39, 0.29) is 6.10 Å². The van der Waals surface area contributed by atoms with E-state index in [2.05, 4.69) is 17.6 Å². The van der Waals surface area contributed by atoms with Gasteiger partial charge in [-0.2, -0.15) is 9.57 Å². The van der Waals surface area contributed by atoms with Crippen LogP contribution >= 0.6 is 11.8 Å². The van der Waals surface area contributed by atoms with Gasteiger partial charge < -0.3 is 9.30 Å². The number of benzene rings is 2. The zero-order valence-electron chi connectivity index (χ0n) is 19.9. The van der Waals surface area contributed by atoms with Gasteiger partial charge in [0, 0.05) is 25.4 Å². The van der Waals surface area contributed by atoms with Crippen LogP contribution in [0.2, 0.25) is 0 Å². The van der Waals surface area contributed by atoms with Gasteiger partial charge in [0.15, 0.2) is 5.16 Å². The largest absolute Gasteiger partial charge is 0.376 e. The number of sulfonamides is 1. The summed E-state index contributed by atoms with van der Waals surface area (Å²) in [6, 6.07) is 15.1. The molecule has 0 bridgehead atoms. The van der Waals surface area contributed by atoms with Gasteiger partial charge in [-0.25, -0.2) is 13.4 Å². The summed E-state index contributed by atoms with van der Waals surface area (Å²) in [7, 11) is -3.56. The molecular weight excluding hydrogens is 480 g/mol. The van der Waals surface area contributed by atoms with Crippen LogP contribution in [-0.2, 0) is 27.1 Å². The predicted octanol–water partition coefficient (Wildman–Crippen LogP) is 4.80. The third kappa shape index (κ3) is 5.12. The Labute approximate surface area is 211 Å². The molecule has 0 unspecified atom stereocenters. The highest BCUT2D eigenvalue weighted by molar-refractivity contribution is 7.98. The van der Waals surface area contributed by atoms with Crippen molar-refractivity contribution in [3.05, 3.63) is 53.6 Å². The van der Waals surface area contributed by atoms with Crippen LogP contribution in [0.1, 0.15) is 43.7 Å². The van der Waals surface area contributed by atoms with Crippen molar-refractivity contribution in [1.82, 2.24) is 13.9 Å². The first-order chi connectivity index (χ1) is 17.0. The van der Waals surface area contributed by atoms with Crippen molar-refractivity contribution in [2.45, 2.75) is 61.1 Å². The van der Waals surface area contributed by atoms with E-state index in [1.54, 1.807) is 28.2 Å². The molecule has 7 nitrogen and oxygen atoms in total. The molecule has 0 spiro atoms. The maximum atomic E-state index is 13.4. The lowest BCUT2D eigenvalue weighted by molar-refractivity contribution is 0.0960. The SMILES string of the molecule is C[C@H]1CCCN(S(=O)(=O)c2ccc3c(c2)nc(SCc2ccccc2C#N)n3C[C@H]2CCCO2)C1. The molecule has 0 radical (unpaired) electrons. The molecule has 0 N–H and O–H groups in total. The first-order valence-electron chi connectivity index (χ1n) is 12.2. The zero-order valence-corrected chi connectivity index (χ0v) is 21.5. The summed E-state index contributed by atoms with van der Waals surface area (Å²) in [6.45, 7) is 4.68. The van der Waals surface area contributed by atoms with E-state index in [1.165, 1.54) is 0 Å². The lowest BCUT2D eigenvalue weighted by atomic mass is 10.0. The highest BCUT2D eigenvalue weighted by atomic mass is 32.2. The molecular formula is C26H30N4O3S2. The van der Waals surface area contributed by atoms with E-state index >= 15 is 0 Å². The van der Waals surface area contributed by atoms with Crippen LogP contribution in [0.3, 0.4) is 0 Å². The van der Waals surface area contributed by atoms with Crippen molar-refractivity contribution in [2.24, 2.45) is 5.92 Å². The van der Waals surface area contributed by atoms with Gasteiger partial charge in [0.1, 0.15) is 0 Å². The van der Waals surface area contributed by atoms with Crippen LogP contribution in [-0.4, -0.2) is 48.1 Å². The number of hydrogen-bond acceptors (Lipinski definition) is 6. The van der Waals surface area contributed by atoms with Crippen molar-refractivity contribution in [2.75, 3.05) is 19.7 Å². The summed E-state index contributed by atoms with van der Waals surface area (Å²) in [5.74, 6) is 0.974. The first-order valence-corrected chi connectivity index (χ1v) is 14.6. The molecule has 3 heterocycles. The summed E-state index contributed by atoms with van der Waals surface area (Å²) >= 11 is 1.57. The predicted molar refractivity (Wildman–Crippen MR) is 137 cm³/mol. The molecule has 0 saturated carbocycles. The van der Waals surface area contributed by atoms with Crippen LogP contribution < -0.4 is 0 Å². The molecule has 3 aromatic rings. The Hall–Kier alpha value is -2.38. The fourth-order valence-corrected chi connectivity index (χ4v) is 7.58. The van der Waals surface area contributed by atoms with E-state index in [4.69, 9.17) is 9.72 Å². The normalized spacial score (nSPS) is 21.4. The number of piperidine rings is 1. The molecule has 0 amide bonds. The van der Waals surface area contributed by atoms with Crippen LogP contribution in [0.5, 0.6) is 0 Å². The number of rotatable bonds is 7. The van der Waals surface area contributed by atoms with Crippen molar-refractivity contribution < 1.29 is 13.2 Å². The Morgan fingerprint density at radius 2 is 2.06 bits per heavy atom. The number of nitrogens with zero attached hydrogens (tertiary/aromatic N) is 4. The molecule has 35 heavy (non-hydrogen) atoms. The monoisotopic (exact) mass is 510 g/mol. The van der Waals surface area contributed by atoms with Crippen LogP contribution in [0.4, 0.5) is 0 Å². The number of thioether (sulfide) groups is 1. The molecule has 2 fully saturated rings. The number of nitriles is 1. The first kappa shape index (κ1) is 24.3. The fraction of sp³-hybridized carbons (Fsp3) is 0.462. The van der Waals surface area contributed by atoms with Crippen molar-refractivity contribution in [3.8, 4) is 6.07 Å². The zero-order chi connectivity index (χ0) is 24.4. The Kier molecular flexibility index (Phi) is 7.17. The standard InChI is InChI=1S/C26H30N4O3S2/c1-19-6-4-12-29(16-19)35(31,32)23-10-11-25-24(14-23)28-26(30(25)17-22-9-5-13-33-22)34-18-21-8-3-2-7-20(21)15-27/h2-3,7-8,10-11,14,19,22H,4-6,9,12-13,16-18H2,1H3/t19-,22+/m0/s1. The van der Waals surface area contributed by atoms with Gasteiger partial charge in [-0.3, -0.25) is 0 Å². The van der Waals surface area contributed by atoms with Crippen molar-refractivity contribution >= 4 is 32.8 Å². The molecule has 9 heteroatoms. The Morgan fingerprint density at radius 1 is 1.20 bits per heavy atom. The summed E-state index contributed by atoms with van der Waals surface area (Å²) in [5.41, 5.74) is 3.19. The highest BCUT2D eigenvalue weighted by Crippen LogP contribution is 2.32. The molecule has 2 aromatic carbocycles.